The first kappa shape index (κ1) is 23.5. The number of ether oxygens (including phenoxy) is 2. The molecule has 0 atom stereocenters. The van der Waals surface area contributed by atoms with Crippen LogP contribution in [-0.4, -0.2) is 48.8 Å². The molecular weight excluding hydrogens is 452 g/mol. The number of thioether (sulfide) groups is 1. The Balaban J connectivity index is 1.62. The maximum atomic E-state index is 13.2. The maximum Gasteiger partial charge on any atom is 0.338 e. The van der Waals surface area contributed by atoms with Crippen LogP contribution in [0.5, 0.6) is 0 Å². The number of aliphatic imine (C=N–C) groups is 1. The Bertz CT molecular complexity index is 1230. The van der Waals surface area contributed by atoms with Gasteiger partial charge in [-0.05, 0) is 49.0 Å². The Morgan fingerprint density at radius 2 is 1.85 bits per heavy atom. The molecule has 34 heavy (non-hydrogen) atoms. The summed E-state index contributed by atoms with van der Waals surface area (Å²) >= 11 is 1.29. The molecule has 0 bridgehead atoms. The summed E-state index contributed by atoms with van der Waals surface area (Å²) in [6.07, 6.45) is 1.69. The zero-order valence-electron chi connectivity index (χ0n) is 18.9. The number of hydrogen-bond acceptors (Lipinski definition) is 7. The number of amidine groups is 1. The highest BCUT2D eigenvalue weighted by Gasteiger charge is 2.33. The zero-order chi connectivity index (χ0) is 23.9. The highest BCUT2D eigenvalue weighted by Crippen LogP contribution is 2.35. The molecule has 1 aliphatic rings. The van der Waals surface area contributed by atoms with Crippen molar-refractivity contribution in [3.8, 4) is 11.3 Å². The van der Waals surface area contributed by atoms with Crippen molar-refractivity contribution in [3.63, 3.8) is 0 Å². The number of rotatable bonds is 8. The third kappa shape index (κ3) is 5.30. The van der Waals surface area contributed by atoms with Crippen LogP contribution in [0.4, 0.5) is 5.69 Å². The average molecular weight is 477 g/mol. The molecule has 3 aromatic rings. The van der Waals surface area contributed by atoms with Gasteiger partial charge < -0.3 is 13.9 Å². The number of carbonyl (C=O) groups is 2. The second-order valence-electron chi connectivity index (χ2n) is 7.23. The highest BCUT2D eigenvalue weighted by molar-refractivity contribution is 8.18. The zero-order valence-corrected chi connectivity index (χ0v) is 19.7. The molecule has 8 heteroatoms. The number of para-hydroxylation sites is 1. The summed E-state index contributed by atoms with van der Waals surface area (Å²) in [6.45, 7) is 3.31. The molecule has 0 spiro atoms. The van der Waals surface area contributed by atoms with E-state index in [-0.39, 0.29) is 5.91 Å². The second-order valence-corrected chi connectivity index (χ2v) is 8.24. The molecule has 0 aliphatic carbocycles. The van der Waals surface area contributed by atoms with E-state index in [0.717, 1.165) is 5.69 Å². The normalized spacial score (nSPS) is 15.9. The monoisotopic (exact) mass is 476 g/mol. The van der Waals surface area contributed by atoms with Gasteiger partial charge in [-0.15, -0.1) is 0 Å². The first-order valence-corrected chi connectivity index (χ1v) is 11.6. The Labute approximate surface area is 202 Å². The third-order valence-electron chi connectivity index (χ3n) is 5.03. The SMILES string of the molecule is CCOCCN1C(=O)/C(=C/c2ccc(-c3ccccc3C(=O)OC)o2)SC1=Nc1ccccc1. The molecule has 1 saturated heterocycles. The van der Waals surface area contributed by atoms with E-state index >= 15 is 0 Å². The molecule has 2 aromatic carbocycles. The van der Waals surface area contributed by atoms with Crippen molar-refractivity contribution in [1.29, 1.82) is 0 Å². The average Bonchev–Trinajstić information content (AvgIpc) is 3.44. The molecule has 1 aliphatic heterocycles. The minimum atomic E-state index is -0.444. The van der Waals surface area contributed by atoms with E-state index in [9.17, 15) is 9.59 Å². The van der Waals surface area contributed by atoms with Gasteiger partial charge in [-0.3, -0.25) is 9.69 Å². The Hall–Kier alpha value is -3.62. The standard InChI is InChI=1S/C26H24N2O5S/c1-3-32-16-15-28-24(29)23(34-26(28)27-18-9-5-4-6-10-18)17-19-13-14-22(33-19)20-11-7-8-12-21(20)25(30)31-2/h4-14,17H,3,15-16H2,1-2H3/b23-17-,27-26?. The van der Waals surface area contributed by atoms with E-state index in [4.69, 9.17) is 13.9 Å². The van der Waals surface area contributed by atoms with E-state index in [2.05, 4.69) is 4.99 Å². The summed E-state index contributed by atoms with van der Waals surface area (Å²) in [5.74, 6) is 0.401. The number of esters is 1. The van der Waals surface area contributed by atoms with Crippen LogP contribution in [0.1, 0.15) is 23.0 Å². The fourth-order valence-corrected chi connectivity index (χ4v) is 4.40. The molecule has 4 rings (SSSR count). The number of amides is 1. The van der Waals surface area contributed by atoms with Crippen molar-refractivity contribution in [1.82, 2.24) is 4.90 Å². The van der Waals surface area contributed by atoms with Crippen LogP contribution in [0.3, 0.4) is 0 Å². The van der Waals surface area contributed by atoms with Crippen LogP contribution in [0.15, 0.2) is 81.0 Å². The quantitative estimate of drug-likeness (QED) is 0.247. The summed E-state index contributed by atoms with van der Waals surface area (Å²) < 4.78 is 16.3. The fraction of sp³-hybridized carbons (Fsp3) is 0.192. The summed E-state index contributed by atoms with van der Waals surface area (Å²) in [5.41, 5.74) is 1.79. The molecule has 0 unspecified atom stereocenters. The molecule has 1 aromatic heterocycles. The van der Waals surface area contributed by atoms with Gasteiger partial charge in [0.05, 0.1) is 36.4 Å². The lowest BCUT2D eigenvalue weighted by Gasteiger charge is -2.15. The third-order valence-corrected chi connectivity index (χ3v) is 6.04. The molecular formula is C26H24N2O5S. The van der Waals surface area contributed by atoms with E-state index in [1.165, 1.54) is 18.9 Å². The van der Waals surface area contributed by atoms with Crippen molar-refractivity contribution in [2.75, 3.05) is 26.9 Å². The highest BCUT2D eigenvalue weighted by atomic mass is 32.2. The van der Waals surface area contributed by atoms with Crippen molar-refractivity contribution < 1.29 is 23.5 Å². The van der Waals surface area contributed by atoms with Crippen molar-refractivity contribution in [3.05, 3.63) is 83.0 Å². The molecule has 174 valence electrons. The van der Waals surface area contributed by atoms with Gasteiger partial charge in [-0.25, -0.2) is 9.79 Å². The Kier molecular flexibility index (Phi) is 7.61. The molecule has 1 fully saturated rings. The van der Waals surface area contributed by atoms with Gasteiger partial charge in [-0.2, -0.15) is 0 Å². The predicted octanol–water partition coefficient (Wildman–Crippen LogP) is 5.37. The van der Waals surface area contributed by atoms with Gasteiger partial charge in [0.25, 0.3) is 5.91 Å². The lowest BCUT2D eigenvalue weighted by Crippen LogP contribution is -2.32. The fourth-order valence-electron chi connectivity index (χ4n) is 3.39. The van der Waals surface area contributed by atoms with Crippen LogP contribution in [0.2, 0.25) is 0 Å². The first-order valence-electron chi connectivity index (χ1n) is 10.8. The molecule has 7 nitrogen and oxygen atoms in total. The van der Waals surface area contributed by atoms with Crippen molar-refractivity contribution >= 4 is 40.6 Å². The van der Waals surface area contributed by atoms with Gasteiger partial charge in [0.15, 0.2) is 5.17 Å². The topological polar surface area (TPSA) is 81.3 Å². The van der Waals surface area contributed by atoms with Gasteiger partial charge in [0.2, 0.25) is 0 Å². The van der Waals surface area contributed by atoms with E-state index in [0.29, 0.717) is 52.5 Å². The summed E-state index contributed by atoms with van der Waals surface area (Å²) in [4.78, 5) is 32.0. The van der Waals surface area contributed by atoms with Crippen molar-refractivity contribution in [2.24, 2.45) is 4.99 Å². The smallest absolute Gasteiger partial charge is 0.338 e. The largest absolute Gasteiger partial charge is 0.465 e. The minimum Gasteiger partial charge on any atom is -0.465 e. The van der Waals surface area contributed by atoms with E-state index in [1.54, 1.807) is 41.3 Å². The van der Waals surface area contributed by atoms with Gasteiger partial charge in [0, 0.05) is 18.2 Å². The van der Waals surface area contributed by atoms with Gasteiger partial charge in [-0.1, -0.05) is 36.4 Å². The molecule has 0 N–H and O–H groups in total. The summed E-state index contributed by atoms with van der Waals surface area (Å²) in [7, 11) is 1.34. The lowest BCUT2D eigenvalue weighted by molar-refractivity contribution is -0.122. The van der Waals surface area contributed by atoms with Crippen molar-refractivity contribution in [2.45, 2.75) is 6.92 Å². The molecule has 1 amide bonds. The molecule has 0 radical (unpaired) electrons. The first-order chi connectivity index (χ1) is 16.6. The maximum absolute atomic E-state index is 13.2. The number of hydrogen-bond donors (Lipinski definition) is 0. The van der Waals surface area contributed by atoms with Gasteiger partial charge >= 0.3 is 5.97 Å². The second kappa shape index (κ2) is 11.0. The van der Waals surface area contributed by atoms with Crippen LogP contribution in [0.25, 0.3) is 17.4 Å². The van der Waals surface area contributed by atoms with Crippen LogP contribution < -0.4 is 0 Å². The predicted molar refractivity (Wildman–Crippen MR) is 133 cm³/mol. The van der Waals surface area contributed by atoms with Gasteiger partial charge in [0.1, 0.15) is 11.5 Å². The summed E-state index contributed by atoms with van der Waals surface area (Å²) in [5, 5.41) is 0.588. The number of nitrogens with zero attached hydrogens (tertiary/aromatic N) is 2. The number of benzene rings is 2. The number of furan rings is 1. The lowest BCUT2D eigenvalue weighted by atomic mass is 10.1. The Morgan fingerprint density at radius 3 is 2.62 bits per heavy atom. The summed E-state index contributed by atoms with van der Waals surface area (Å²) in [6, 6.07) is 20.1. The molecule has 0 saturated carbocycles. The molecule has 2 heterocycles. The van der Waals surface area contributed by atoms with Crippen LogP contribution in [0, 0.1) is 0 Å². The van der Waals surface area contributed by atoms with Crippen LogP contribution in [-0.2, 0) is 14.3 Å². The van der Waals surface area contributed by atoms with E-state index in [1.807, 2.05) is 43.3 Å². The number of methoxy groups -OCH3 is 1. The van der Waals surface area contributed by atoms with E-state index < -0.39 is 5.97 Å². The van der Waals surface area contributed by atoms with Crippen LogP contribution >= 0.6 is 11.8 Å². The number of carbonyl (C=O) groups excluding carboxylic acids is 2. The Morgan fingerprint density at radius 1 is 1.09 bits per heavy atom. The minimum absolute atomic E-state index is 0.160.